The van der Waals surface area contributed by atoms with Crippen LogP contribution in [0.4, 0.5) is 20.7 Å². The van der Waals surface area contributed by atoms with Crippen LogP contribution in [-0.2, 0) is 11.2 Å². The van der Waals surface area contributed by atoms with Gasteiger partial charge in [-0.1, -0.05) is 30.3 Å². The highest BCUT2D eigenvalue weighted by molar-refractivity contribution is 7.80. The number of carbonyl (C=O) groups is 2. The van der Waals surface area contributed by atoms with Crippen LogP contribution < -0.4 is 20.7 Å². The third-order valence-corrected chi connectivity index (χ3v) is 6.55. The molecule has 4 N–H and O–H groups in total. The number of pyridine rings is 1. The van der Waals surface area contributed by atoms with Gasteiger partial charge < -0.3 is 30.3 Å². The van der Waals surface area contributed by atoms with Crippen molar-refractivity contribution in [3.8, 4) is 11.5 Å². The van der Waals surface area contributed by atoms with E-state index in [1.807, 2.05) is 30.3 Å². The highest BCUT2D eigenvalue weighted by atomic mass is 32.1. The van der Waals surface area contributed by atoms with Crippen molar-refractivity contribution in [2.75, 3.05) is 43.9 Å². The Morgan fingerprint density at radius 3 is 2.61 bits per heavy atom. The lowest BCUT2D eigenvalue weighted by molar-refractivity contribution is -0.119. The maximum atomic E-state index is 14.8. The van der Waals surface area contributed by atoms with Crippen LogP contribution in [0.1, 0.15) is 18.4 Å². The molecule has 2 aromatic carbocycles. The van der Waals surface area contributed by atoms with Crippen molar-refractivity contribution in [1.82, 2.24) is 20.1 Å². The quantitative estimate of drug-likeness (QED) is 0.266. The number of carbonyl (C=O) groups excluding carboxylic acids is 2. The molecule has 0 unspecified atom stereocenters. The molecule has 0 radical (unpaired) electrons. The van der Waals surface area contributed by atoms with Crippen LogP contribution in [0, 0.1) is 5.82 Å². The zero-order valence-corrected chi connectivity index (χ0v) is 23.5. The maximum Gasteiger partial charge on any atom is 0.322 e. The first-order valence-electron chi connectivity index (χ1n) is 13.3. The number of rotatable bonds is 10. The monoisotopic (exact) mass is 580 g/mol. The molecule has 3 aromatic rings. The van der Waals surface area contributed by atoms with Crippen LogP contribution >= 0.6 is 12.2 Å². The van der Waals surface area contributed by atoms with Gasteiger partial charge in [0.15, 0.2) is 16.7 Å². The summed E-state index contributed by atoms with van der Waals surface area (Å²) in [6.45, 7) is 2.62. The lowest BCUT2D eigenvalue weighted by Crippen LogP contribution is -2.41. The van der Waals surface area contributed by atoms with Gasteiger partial charge in [-0.3, -0.25) is 10.1 Å². The van der Waals surface area contributed by atoms with E-state index in [4.69, 9.17) is 17.0 Å². The molecule has 0 aliphatic carbocycles. The maximum absolute atomic E-state index is 14.8. The minimum atomic E-state index is -0.664. The number of aliphatic hydroxyl groups is 1. The van der Waals surface area contributed by atoms with Crippen molar-refractivity contribution in [3.63, 3.8) is 0 Å². The zero-order valence-electron chi connectivity index (χ0n) is 22.7. The van der Waals surface area contributed by atoms with E-state index in [-0.39, 0.29) is 41.3 Å². The number of nitrogens with zero attached hydrogens (tertiary/aromatic N) is 3. The van der Waals surface area contributed by atoms with Gasteiger partial charge in [0.1, 0.15) is 11.6 Å². The van der Waals surface area contributed by atoms with Crippen molar-refractivity contribution in [1.29, 1.82) is 0 Å². The first-order valence-corrected chi connectivity index (χ1v) is 13.7. The Labute approximate surface area is 243 Å². The first-order chi connectivity index (χ1) is 19.7. The van der Waals surface area contributed by atoms with Crippen LogP contribution in [0.2, 0.25) is 0 Å². The fourth-order valence-electron chi connectivity index (χ4n) is 4.37. The highest BCUT2D eigenvalue weighted by Gasteiger charge is 2.19. The first kappa shape index (κ1) is 29.8. The van der Waals surface area contributed by atoms with E-state index < -0.39 is 18.0 Å². The fraction of sp³-hybridized carbons (Fsp3) is 0.310. The minimum absolute atomic E-state index is 0.0436. The average Bonchev–Trinajstić information content (AvgIpc) is 3.43. The number of likely N-dealkylation sites (tertiary alicyclic amines) is 1. The Morgan fingerprint density at radius 1 is 1.12 bits per heavy atom. The summed E-state index contributed by atoms with van der Waals surface area (Å²) >= 11 is 5.17. The van der Waals surface area contributed by atoms with Gasteiger partial charge in [-0.2, -0.15) is 0 Å². The summed E-state index contributed by atoms with van der Waals surface area (Å²) in [5, 5.41) is 18.4. The third kappa shape index (κ3) is 9.48. The van der Waals surface area contributed by atoms with Gasteiger partial charge in [0.2, 0.25) is 5.91 Å². The lowest BCUT2D eigenvalue weighted by Gasteiger charge is -2.24. The number of aromatic nitrogens is 1. The van der Waals surface area contributed by atoms with Crippen molar-refractivity contribution in [2.24, 2.45) is 0 Å². The highest BCUT2D eigenvalue weighted by Crippen LogP contribution is 2.27. The number of hydrogen-bond acceptors (Lipinski definition) is 7. The number of ether oxygens (including phenoxy) is 1. The van der Waals surface area contributed by atoms with Crippen LogP contribution in [0.15, 0.2) is 66.9 Å². The number of halogens is 1. The van der Waals surface area contributed by atoms with Gasteiger partial charge in [-0.15, -0.1) is 0 Å². The summed E-state index contributed by atoms with van der Waals surface area (Å²) in [4.78, 5) is 32.5. The Hall–Kier alpha value is -4.13. The Morgan fingerprint density at radius 2 is 1.88 bits per heavy atom. The molecular formula is C29H33FN6O4S. The Kier molecular flexibility index (Phi) is 10.5. The van der Waals surface area contributed by atoms with Crippen LogP contribution in [0.3, 0.4) is 0 Å². The number of urea groups is 1. The normalized spacial score (nSPS) is 13.7. The molecule has 12 heteroatoms. The van der Waals surface area contributed by atoms with E-state index in [2.05, 4.69) is 25.8 Å². The standard InChI is InChI=1S/C29H33FN6O4S/c1-35(18-22(37)19-36-13-5-6-14-36)29(39)33-26-17-23(11-12-31-26)40-25-10-9-21(16-24(25)30)32-28(41)34-27(38)15-20-7-3-2-4-8-20/h2-4,7-12,16-17,22,37H,5-6,13-15,18-19H2,1H3,(H,31,33,39)(H2,32,34,38,41)/t22-/m1/s1. The number of β-amino-alcohol motifs (C(OH)–C–C–N with tert-alkyl or cyclic N) is 1. The SMILES string of the molecule is CN(C[C@@H](O)CN1CCCC1)C(=O)Nc1cc(Oc2ccc(NC(=S)NC(=O)Cc3ccccc3)cc2F)ccn1. The van der Waals surface area contributed by atoms with Crippen molar-refractivity contribution in [3.05, 3.63) is 78.2 Å². The number of amides is 3. The molecule has 0 bridgehead atoms. The fourth-order valence-corrected chi connectivity index (χ4v) is 4.60. The van der Waals surface area contributed by atoms with E-state index >= 15 is 0 Å². The molecule has 1 atom stereocenters. The summed E-state index contributed by atoms with van der Waals surface area (Å²) in [6.07, 6.45) is 3.18. The predicted octanol–water partition coefficient (Wildman–Crippen LogP) is 3.99. The molecule has 0 saturated carbocycles. The van der Waals surface area contributed by atoms with Crippen LogP contribution in [0.5, 0.6) is 11.5 Å². The van der Waals surface area contributed by atoms with Crippen molar-refractivity contribution < 1.29 is 23.8 Å². The van der Waals surface area contributed by atoms with E-state index in [0.717, 1.165) is 31.5 Å². The van der Waals surface area contributed by atoms with Crippen LogP contribution in [-0.4, -0.2) is 76.3 Å². The summed E-state index contributed by atoms with van der Waals surface area (Å²) in [5.74, 6) is -0.541. The second kappa shape index (κ2) is 14.5. The average molecular weight is 581 g/mol. The Balaban J connectivity index is 1.27. The van der Waals surface area contributed by atoms with E-state index in [1.165, 1.54) is 35.4 Å². The van der Waals surface area contributed by atoms with E-state index in [9.17, 15) is 19.1 Å². The molecule has 1 aliphatic heterocycles. The summed E-state index contributed by atoms with van der Waals surface area (Å²) in [7, 11) is 1.59. The molecule has 4 rings (SSSR count). The summed E-state index contributed by atoms with van der Waals surface area (Å²) in [5.41, 5.74) is 1.18. The van der Waals surface area contributed by atoms with Gasteiger partial charge in [0.05, 0.1) is 12.5 Å². The largest absolute Gasteiger partial charge is 0.454 e. The number of aliphatic hydroxyl groups excluding tert-OH is 1. The molecule has 1 saturated heterocycles. The van der Waals surface area contributed by atoms with Crippen molar-refractivity contribution in [2.45, 2.75) is 25.4 Å². The second-order valence-electron chi connectivity index (χ2n) is 9.76. The molecule has 1 aliphatic rings. The number of likely N-dealkylation sites (N-methyl/N-ethyl adjacent to an activating group) is 1. The summed E-state index contributed by atoms with van der Waals surface area (Å²) in [6, 6.07) is 16.0. The topological polar surface area (TPSA) is 119 Å². The molecule has 41 heavy (non-hydrogen) atoms. The number of thiocarbonyl (C=S) groups is 1. The summed E-state index contributed by atoms with van der Waals surface area (Å²) < 4.78 is 20.5. The molecule has 216 valence electrons. The molecule has 3 amide bonds. The smallest absolute Gasteiger partial charge is 0.322 e. The lowest BCUT2D eigenvalue weighted by atomic mass is 10.1. The Bertz CT molecular complexity index is 1360. The zero-order chi connectivity index (χ0) is 29.2. The molecule has 1 aromatic heterocycles. The number of nitrogens with one attached hydrogen (secondary N) is 3. The van der Waals surface area contributed by atoms with Crippen LogP contribution in [0.25, 0.3) is 0 Å². The third-order valence-electron chi connectivity index (χ3n) is 6.34. The number of benzene rings is 2. The van der Waals surface area contributed by atoms with Gasteiger partial charge in [-0.05, 0) is 61.9 Å². The molecular weight excluding hydrogens is 547 g/mol. The van der Waals surface area contributed by atoms with E-state index in [1.54, 1.807) is 13.1 Å². The molecule has 1 fully saturated rings. The second-order valence-corrected chi connectivity index (χ2v) is 10.2. The molecule has 10 nitrogen and oxygen atoms in total. The number of anilines is 2. The molecule has 2 heterocycles. The van der Waals surface area contributed by atoms with Gasteiger partial charge in [0.25, 0.3) is 0 Å². The van der Waals surface area contributed by atoms with E-state index in [0.29, 0.717) is 12.2 Å². The number of hydrogen-bond donors (Lipinski definition) is 4. The minimum Gasteiger partial charge on any atom is -0.454 e. The predicted molar refractivity (Wildman–Crippen MR) is 159 cm³/mol. The van der Waals surface area contributed by atoms with Gasteiger partial charge >= 0.3 is 6.03 Å². The molecule has 0 spiro atoms. The van der Waals surface area contributed by atoms with Gasteiger partial charge in [-0.25, -0.2) is 14.2 Å². The van der Waals surface area contributed by atoms with Gasteiger partial charge in [0, 0.05) is 44.2 Å². The van der Waals surface area contributed by atoms with Crippen molar-refractivity contribution >= 4 is 40.8 Å².